The third-order valence-electron chi connectivity index (χ3n) is 11.4. The molecule has 238 valence electrons. The van der Waals surface area contributed by atoms with Crippen molar-refractivity contribution < 1.29 is 0 Å². The lowest BCUT2D eigenvalue weighted by molar-refractivity contribution is 0.622. The topological polar surface area (TPSA) is 0 Å². The third-order valence-corrected chi connectivity index (χ3v) is 11.4. The predicted molar refractivity (Wildman–Crippen MR) is 216 cm³/mol. The first-order valence-electron chi connectivity index (χ1n) is 18.0. The lowest BCUT2D eigenvalue weighted by Crippen LogP contribution is -2.52. The van der Waals surface area contributed by atoms with Gasteiger partial charge < -0.3 is 0 Å². The zero-order valence-corrected chi connectivity index (χ0v) is 28.3. The van der Waals surface area contributed by atoms with Crippen molar-refractivity contribution in [1.29, 1.82) is 0 Å². The predicted octanol–water partition coefficient (Wildman–Crippen LogP) is 10.1. The van der Waals surface area contributed by atoms with Crippen molar-refractivity contribution >= 4 is 23.1 Å². The minimum atomic E-state index is -0.217. The van der Waals surface area contributed by atoms with Crippen molar-refractivity contribution in [3.05, 3.63) is 222 Å². The van der Waals surface area contributed by atoms with Gasteiger partial charge in [0.1, 0.15) is 0 Å². The molecule has 0 radical (unpaired) electrons. The van der Waals surface area contributed by atoms with Gasteiger partial charge in [-0.2, -0.15) is 0 Å². The van der Waals surface area contributed by atoms with E-state index in [2.05, 4.69) is 200 Å². The van der Waals surface area contributed by atoms with Crippen LogP contribution >= 0.6 is 0 Å². The summed E-state index contributed by atoms with van der Waals surface area (Å²) in [7, 11) is 0. The zero-order chi connectivity index (χ0) is 33.8. The highest BCUT2D eigenvalue weighted by Gasteiger charge is 2.48. The summed E-state index contributed by atoms with van der Waals surface area (Å²) >= 11 is 0. The summed E-state index contributed by atoms with van der Waals surface area (Å²) < 4.78 is 0. The smallest absolute Gasteiger partial charge is 0.0686 e. The molecule has 0 aliphatic heterocycles. The Labute approximate surface area is 300 Å². The monoisotopic (exact) mass is 646 g/mol. The van der Waals surface area contributed by atoms with Gasteiger partial charge in [0.25, 0.3) is 0 Å². The molecule has 1 spiro atoms. The van der Waals surface area contributed by atoms with Crippen LogP contribution in [0.25, 0.3) is 44.5 Å². The number of rotatable bonds is 5. The van der Waals surface area contributed by atoms with Crippen LogP contribution in [0.4, 0.5) is 0 Å². The third kappa shape index (κ3) is 4.69. The molecule has 0 unspecified atom stereocenters. The lowest BCUT2D eigenvalue weighted by atomic mass is 9.35. The summed E-state index contributed by atoms with van der Waals surface area (Å²) in [5.41, 5.74) is 19.7. The van der Waals surface area contributed by atoms with E-state index in [-0.39, 0.29) is 12.1 Å². The summed E-state index contributed by atoms with van der Waals surface area (Å²) in [4.78, 5) is 0. The molecule has 51 heavy (non-hydrogen) atoms. The highest BCUT2D eigenvalue weighted by Crippen LogP contribution is 2.58. The Kier molecular flexibility index (Phi) is 6.99. The van der Waals surface area contributed by atoms with E-state index in [4.69, 9.17) is 0 Å². The van der Waals surface area contributed by atoms with E-state index in [1.54, 1.807) is 0 Å². The molecule has 0 nitrogen and oxygen atoms in total. The maximum atomic E-state index is 2.51. The van der Waals surface area contributed by atoms with Crippen LogP contribution in [0, 0.1) is 0 Å². The molecule has 0 saturated heterocycles. The Morgan fingerprint density at radius 3 is 1.39 bits per heavy atom. The van der Waals surface area contributed by atoms with Crippen molar-refractivity contribution in [1.82, 2.24) is 0 Å². The molecule has 0 saturated carbocycles. The number of hydrogen-bond donors (Lipinski definition) is 0. The van der Waals surface area contributed by atoms with Crippen LogP contribution in [0.2, 0.25) is 0 Å². The van der Waals surface area contributed by atoms with Gasteiger partial charge in [0.2, 0.25) is 6.71 Å². The first-order chi connectivity index (χ1) is 25.3. The Balaban J connectivity index is 1.16. The van der Waals surface area contributed by atoms with Crippen LogP contribution in [0.1, 0.15) is 22.3 Å². The van der Waals surface area contributed by atoms with E-state index in [1.807, 2.05) is 0 Å². The summed E-state index contributed by atoms with van der Waals surface area (Å²) in [6.45, 7) is 0.0486. The molecular weight excluding hydrogens is 611 g/mol. The first kappa shape index (κ1) is 29.7. The molecule has 2 aliphatic carbocycles. The lowest BCUT2D eigenvalue weighted by Gasteiger charge is -2.39. The Morgan fingerprint density at radius 2 is 0.784 bits per heavy atom. The van der Waals surface area contributed by atoms with Crippen LogP contribution in [0.15, 0.2) is 200 Å². The highest BCUT2D eigenvalue weighted by atomic mass is 14.5. The van der Waals surface area contributed by atoms with Crippen LogP contribution in [-0.4, -0.2) is 6.71 Å². The standard InChI is InChI=1S/C50H35B/c1-3-15-35(16-4-1)36-27-30-39(31-28-36)51(49-26-14-10-19-41(49)37-17-5-2-6-18-37)40-32-29-38-34-50(48-25-13-9-22-44(48)45(38)33-40)46-23-11-7-20-42(46)43-21-8-12-24-47(43)50/h1-33H,34H2. The van der Waals surface area contributed by atoms with Crippen LogP contribution in [0.5, 0.6) is 0 Å². The second-order valence-corrected chi connectivity index (χ2v) is 14.0. The van der Waals surface area contributed by atoms with E-state index < -0.39 is 0 Å². The van der Waals surface area contributed by atoms with Crippen LogP contribution in [0.3, 0.4) is 0 Å². The molecule has 10 rings (SSSR count). The maximum Gasteiger partial charge on any atom is 0.242 e. The van der Waals surface area contributed by atoms with Gasteiger partial charge in [-0.25, -0.2) is 0 Å². The minimum absolute atomic E-state index is 0.0486. The number of hydrogen-bond acceptors (Lipinski definition) is 0. The van der Waals surface area contributed by atoms with Crippen LogP contribution < -0.4 is 16.4 Å². The molecule has 0 atom stereocenters. The van der Waals surface area contributed by atoms with Gasteiger partial charge in [-0.05, 0) is 73.2 Å². The van der Waals surface area contributed by atoms with Gasteiger partial charge in [0, 0.05) is 0 Å². The molecule has 2 aliphatic rings. The Bertz CT molecular complexity index is 2500. The summed E-state index contributed by atoms with van der Waals surface area (Å²) in [5.74, 6) is 0. The van der Waals surface area contributed by atoms with Crippen molar-refractivity contribution in [3.63, 3.8) is 0 Å². The normalized spacial score (nSPS) is 13.2. The molecular formula is C50H35B. The molecule has 0 N–H and O–H groups in total. The second-order valence-electron chi connectivity index (χ2n) is 14.0. The van der Waals surface area contributed by atoms with E-state index >= 15 is 0 Å². The quantitative estimate of drug-likeness (QED) is 0.163. The first-order valence-corrected chi connectivity index (χ1v) is 18.0. The molecule has 1 heteroatoms. The average Bonchev–Trinajstić information content (AvgIpc) is 3.49. The maximum absolute atomic E-state index is 2.51. The average molecular weight is 647 g/mol. The van der Waals surface area contributed by atoms with Gasteiger partial charge in [-0.3, -0.25) is 0 Å². The zero-order valence-electron chi connectivity index (χ0n) is 28.3. The summed E-state index contributed by atoms with van der Waals surface area (Å²) in [5, 5.41) is 0. The Hall–Kier alpha value is -6.18. The summed E-state index contributed by atoms with van der Waals surface area (Å²) in [6.07, 6.45) is 0.935. The molecule has 0 heterocycles. The van der Waals surface area contributed by atoms with Gasteiger partial charge in [-0.15, -0.1) is 0 Å². The van der Waals surface area contributed by atoms with Crippen LogP contribution in [-0.2, 0) is 11.8 Å². The minimum Gasteiger partial charge on any atom is -0.0686 e. The molecule has 8 aromatic rings. The van der Waals surface area contributed by atoms with Crippen molar-refractivity contribution in [3.8, 4) is 44.5 Å². The van der Waals surface area contributed by atoms with E-state index in [0.29, 0.717) is 0 Å². The fraction of sp³-hybridized carbons (Fsp3) is 0.0400. The van der Waals surface area contributed by atoms with Crippen molar-refractivity contribution in [2.24, 2.45) is 0 Å². The number of benzene rings is 8. The fourth-order valence-electron chi connectivity index (χ4n) is 9.14. The fourth-order valence-corrected chi connectivity index (χ4v) is 9.14. The highest BCUT2D eigenvalue weighted by molar-refractivity contribution is 6.96. The molecule has 0 bridgehead atoms. The van der Waals surface area contributed by atoms with Gasteiger partial charge in [0.15, 0.2) is 0 Å². The molecule has 0 aromatic heterocycles. The Morgan fingerprint density at radius 1 is 0.333 bits per heavy atom. The number of fused-ring (bicyclic) bond motifs is 9. The van der Waals surface area contributed by atoms with E-state index in [9.17, 15) is 0 Å². The molecule has 0 amide bonds. The molecule has 8 aromatic carbocycles. The van der Waals surface area contributed by atoms with E-state index in [1.165, 1.54) is 83.1 Å². The second kappa shape index (κ2) is 12.0. The summed E-state index contributed by atoms with van der Waals surface area (Å²) in [6, 6.07) is 74.4. The molecule has 0 fully saturated rings. The SMILES string of the molecule is c1ccc(-c2ccc(B(c3ccc4c(c3)-c3ccccc3C3(C4)c4ccccc4-c4ccccc43)c3ccccc3-c3ccccc3)cc2)cc1. The van der Waals surface area contributed by atoms with Crippen molar-refractivity contribution in [2.75, 3.05) is 0 Å². The van der Waals surface area contributed by atoms with Crippen molar-refractivity contribution in [2.45, 2.75) is 11.8 Å². The largest absolute Gasteiger partial charge is 0.242 e. The van der Waals surface area contributed by atoms with Gasteiger partial charge in [0.05, 0.1) is 5.41 Å². The van der Waals surface area contributed by atoms with Gasteiger partial charge >= 0.3 is 0 Å². The van der Waals surface area contributed by atoms with Gasteiger partial charge in [-0.1, -0.05) is 217 Å². The van der Waals surface area contributed by atoms with E-state index in [0.717, 1.165) is 6.42 Å².